The molecule has 2 fully saturated rings. The molecule has 0 spiro atoms. The maximum absolute atomic E-state index is 10.4. The van der Waals surface area contributed by atoms with Crippen LogP contribution >= 0.6 is 0 Å². The Labute approximate surface area is 139 Å². The van der Waals surface area contributed by atoms with Crippen LogP contribution < -0.4 is 0 Å². The topological polar surface area (TPSA) is 60.7 Å². The number of aliphatic hydroxyl groups excluding tert-OH is 2. The van der Waals surface area contributed by atoms with Gasteiger partial charge in [-0.25, -0.2) is 0 Å². The average Bonchev–Trinajstić information content (AvgIpc) is 2.80. The van der Waals surface area contributed by atoms with Crippen molar-refractivity contribution in [2.24, 2.45) is 17.3 Å². The van der Waals surface area contributed by atoms with E-state index in [1.54, 1.807) is 6.07 Å². The summed E-state index contributed by atoms with van der Waals surface area (Å²) in [5.41, 5.74) is 2.57. The molecule has 0 saturated heterocycles. The van der Waals surface area contributed by atoms with Crippen molar-refractivity contribution in [2.45, 2.75) is 71.0 Å². The molecule has 128 valence electrons. The van der Waals surface area contributed by atoms with Crippen molar-refractivity contribution in [2.75, 3.05) is 0 Å². The summed E-state index contributed by atoms with van der Waals surface area (Å²) in [5.74, 6) is 1.88. The lowest BCUT2D eigenvalue weighted by atomic mass is 9.55. The van der Waals surface area contributed by atoms with Crippen molar-refractivity contribution in [3.05, 3.63) is 29.3 Å². The Hall–Kier alpha value is -1.06. The molecule has 2 saturated carbocycles. The highest BCUT2D eigenvalue weighted by Gasteiger charge is 2.57. The van der Waals surface area contributed by atoms with Crippen molar-refractivity contribution in [1.82, 2.24) is 0 Å². The van der Waals surface area contributed by atoms with Gasteiger partial charge in [-0.2, -0.15) is 0 Å². The van der Waals surface area contributed by atoms with Gasteiger partial charge in [-0.1, -0.05) is 26.8 Å². The number of phenolic OH excluding ortho intramolecular Hbond substituents is 1. The summed E-state index contributed by atoms with van der Waals surface area (Å²) >= 11 is 0. The number of hydrogen-bond acceptors (Lipinski definition) is 3. The third-order valence-electron chi connectivity index (χ3n) is 6.68. The Balaban J connectivity index is 0.000000753. The molecule has 23 heavy (non-hydrogen) atoms. The molecule has 6 atom stereocenters. The maximum Gasteiger partial charge on any atom is 0.115 e. The minimum atomic E-state index is -0.565. The number of aromatic hydroxyl groups is 1. The summed E-state index contributed by atoms with van der Waals surface area (Å²) in [7, 11) is 0. The Bertz CT molecular complexity index is 570. The fraction of sp³-hybridized carbons (Fsp3) is 0.700. The van der Waals surface area contributed by atoms with Crippen molar-refractivity contribution >= 4 is 0 Å². The van der Waals surface area contributed by atoms with E-state index in [0.29, 0.717) is 23.5 Å². The van der Waals surface area contributed by atoms with Crippen LogP contribution in [0.15, 0.2) is 18.2 Å². The second-order valence-electron chi connectivity index (χ2n) is 7.59. The molecule has 0 amide bonds. The van der Waals surface area contributed by atoms with E-state index in [-0.39, 0.29) is 5.41 Å². The molecular weight excluding hydrogens is 288 g/mol. The third kappa shape index (κ3) is 2.49. The van der Waals surface area contributed by atoms with Gasteiger partial charge < -0.3 is 15.3 Å². The van der Waals surface area contributed by atoms with Crippen LogP contribution in [0, 0.1) is 17.3 Å². The summed E-state index contributed by atoms with van der Waals surface area (Å²) in [4.78, 5) is 0. The highest BCUT2D eigenvalue weighted by Crippen LogP contribution is 2.60. The molecule has 3 aliphatic carbocycles. The van der Waals surface area contributed by atoms with Gasteiger partial charge in [0.25, 0.3) is 0 Å². The summed E-state index contributed by atoms with van der Waals surface area (Å²) in [6, 6.07) is 5.80. The van der Waals surface area contributed by atoms with Crippen molar-refractivity contribution < 1.29 is 15.3 Å². The molecule has 0 heterocycles. The summed E-state index contributed by atoms with van der Waals surface area (Å²) < 4.78 is 0. The largest absolute Gasteiger partial charge is 0.508 e. The minimum absolute atomic E-state index is 0.116. The fourth-order valence-corrected chi connectivity index (χ4v) is 5.56. The summed E-state index contributed by atoms with van der Waals surface area (Å²) in [6.07, 6.45) is 3.80. The van der Waals surface area contributed by atoms with E-state index in [4.69, 9.17) is 0 Å². The first kappa shape index (κ1) is 16.8. The van der Waals surface area contributed by atoms with Crippen molar-refractivity contribution in [3.63, 3.8) is 0 Å². The lowest BCUT2D eigenvalue weighted by molar-refractivity contribution is -0.0505. The lowest BCUT2D eigenvalue weighted by Crippen LogP contribution is -2.44. The number of rotatable bonds is 0. The predicted molar refractivity (Wildman–Crippen MR) is 91.5 cm³/mol. The highest BCUT2D eigenvalue weighted by molar-refractivity contribution is 5.40. The monoisotopic (exact) mass is 318 g/mol. The van der Waals surface area contributed by atoms with Gasteiger partial charge in [-0.05, 0) is 78.5 Å². The molecule has 3 aliphatic rings. The van der Waals surface area contributed by atoms with Crippen LogP contribution in [-0.4, -0.2) is 27.5 Å². The minimum Gasteiger partial charge on any atom is -0.508 e. The van der Waals surface area contributed by atoms with Gasteiger partial charge in [0.1, 0.15) is 5.75 Å². The molecule has 0 bridgehead atoms. The molecule has 1 aromatic carbocycles. The molecule has 0 radical (unpaired) electrons. The molecule has 1 unspecified atom stereocenters. The molecule has 3 nitrogen and oxygen atoms in total. The number of fused-ring (bicyclic) bond motifs is 5. The molecular formula is C20H30O3. The van der Waals surface area contributed by atoms with Crippen LogP contribution in [-0.2, 0) is 6.42 Å². The Morgan fingerprint density at radius 2 is 1.87 bits per heavy atom. The van der Waals surface area contributed by atoms with Gasteiger partial charge in [0.15, 0.2) is 0 Å². The quantitative estimate of drug-likeness (QED) is 0.685. The first-order valence-electron chi connectivity index (χ1n) is 9.18. The van der Waals surface area contributed by atoms with Gasteiger partial charge in [-0.15, -0.1) is 0 Å². The zero-order chi connectivity index (χ0) is 16.8. The van der Waals surface area contributed by atoms with Gasteiger partial charge in [0, 0.05) is 0 Å². The average molecular weight is 318 g/mol. The summed E-state index contributed by atoms with van der Waals surface area (Å²) in [5, 5.41) is 30.2. The predicted octanol–water partition coefficient (Wildman–Crippen LogP) is 3.61. The van der Waals surface area contributed by atoms with Gasteiger partial charge in [-0.3, -0.25) is 0 Å². The molecule has 3 N–H and O–H groups in total. The summed E-state index contributed by atoms with van der Waals surface area (Å²) in [6.45, 7) is 6.17. The van der Waals surface area contributed by atoms with Crippen molar-refractivity contribution in [1.29, 1.82) is 0 Å². The number of aryl methyl sites for hydroxylation is 1. The third-order valence-corrected chi connectivity index (χ3v) is 6.68. The van der Waals surface area contributed by atoms with E-state index >= 15 is 0 Å². The van der Waals surface area contributed by atoms with Crippen LogP contribution in [0.2, 0.25) is 0 Å². The van der Waals surface area contributed by atoms with Crippen LogP contribution in [0.3, 0.4) is 0 Å². The standard InChI is InChI=1S/C18H24O3.C2H6/c1-18-7-6-13-12-5-3-11(19)8-10(12)2-4-14(13)15(18)9-16(20)17(18)21;1-2/h3,5,8,13-17,19-21H,2,4,6-7,9H2,1H3;1-2H3/t13-,14?,15+,16-,17+,18+;/m1./s1. The van der Waals surface area contributed by atoms with Gasteiger partial charge >= 0.3 is 0 Å². The molecule has 4 rings (SSSR count). The van der Waals surface area contributed by atoms with Crippen LogP contribution in [0.1, 0.15) is 63.5 Å². The van der Waals surface area contributed by atoms with Crippen LogP contribution in [0.25, 0.3) is 0 Å². The van der Waals surface area contributed by atoms with E-state index in [1.807, 2.05) is 19.9 Å². The number of hydrogen-bond donors (Lipinski definition) is 3. The Morgan fingerprint density at radius 1 is 1.13 bits per heavy atom. The second-order valence-corrected chi connectivity index (χ2v) is 7.59. The van der Waals surface area contributed by atoms with Crippen molar-refractivity contribution in [3.8, 4) is 5.75 Å². The first-order valence-corrected chi connectivity index (χ1v) is 9.18. The maximum atomic E-state index is 10.4. The zero-order valence-corrected chi connectivity index (χ0v) is 14.5. The SMILES string of the molecule is CC.C[C@]12CC[C@@H]3c4ccc(O)cc4CCC3[C@@H]1C[C@@H](O)[C@@H]2O. The first-order chi connectivity index (χ1) is 11.0. The fourth-order valence-electron chi connectivity index (χ4n) is 5.56. The number of phenols is 1. The lowest BCUT2D eigenvalue weighted by Gasteiger charge is -2.49. The van der Waals surface area contributed by atoms with Crippen LogP contribution in [0.5, 0.6) is 5.75 Å². The smallest absolute Gasteiger partial charge is 0.115 e. The Morgan fingerprint density at radius 3 is 2.61 bits per heavy atom. The number of aliphatic hydroxyl groups is 2. The van der Waals surface area contributed by atoms with E-state index in [9.17, 15) is 15.3 Å². The number of benzene rings is 1. The molecule has 0 aromatic heterocycles. The molecule has 1 aromatic rings. The van der Waals surface area contributed by atoms with E-state index in [1.165, 1.54) is 11.1 Å². The molecule has 0 aliphatic heterocycles. The Kier molecular flexibility index (Phi) is 4.45. The molecule has 3 heteroatoms. The highest BCUT2D eigenvalue weighted by atomic mass is 16.3. The second kappa shape index (κ2) is 6.10. The zero-order valence-electron chi connectivity index (χ0n) is 14.5. The van der Waals surface area contributed by atoms with Gasteiger partial charge in [0.2, 0.25) is 0 Å². The van der Waals surface area contributed by atoms with E-state index < -0.39 is 12.2 Å². The normalized spacial score (nSPS) is 41.2. The van der Waals surface area contributed by atoms with Gasteiger partial charge in [0.05, 0.1) is 12.2 Å². The van der Waals surface area contributed by atoms with Crippen LogP contribution in [0.4, 0.5) is 0 Å². The van der Waals surface area contributed by atoms with E-state index in [0.717, 1.165) is 32.1 Å². The van der Waals surface area contributed by atoms with E-state index in [2.05, 4.69) is 13.0 Å².